The van der Waals surface area contributed by atoms with Crippen molar-refractivity contribution < 1.29 is 9.21 Å². The van der Waals surface area contributed by atoms with Crippen LogP contribution in [0.25, 0.3) is 11.0 Å². The first kappa shape index (κ1) is 18.5. The number of nitrogens with one attached hydrogen (secondary N) is 1. The summed E-state index contributed by atoms with van der Waals surface area (Å²) in [5.74, 6) is 0.205. The number of nitrogens with zero attached hydrogens (tertiary/aromatic N) is 1. The van der Waals surface area contributed by atoms with Gasteiger partial charge in [0.15, 0.2) is 5.76 Å². The SMILES string of the molecule is Cc1cc2oc(C(=O)NC[C@@H](c3cccs3)N3CCCC3)c(C)c2cc1Cl. The summed E-state index contributed by atoms with van der Waals surface area (Å²) >= 11 is 7.98. The topological polar surface area (TPSA) is 45.5 Å². The molecule has 0 radical (unpaired) electrons. The number of hydrogen-bond acceptors (Lipinski definition) is 4. The van der Waals surface area contributed by atoms with Gasteiger partial charge in [-0.2, -0.15) is 0 Å². The lowest BCUT2D eigenvalue weighted by molar-refractivity contribution is 0.0912. The number of fused-ring (bicyclic) bond motifs is 1. The van der Waals surface area contributed by atoms with Crippen LogP contribution in [0.3, 0.4) is 0 Å². The molecule has 0 unspecified atom stereocenters. The van der Waals surface area contributed by atoms with Gasteiger partial charge in [-0.15, -0.1) is 11.3 Å². The summed E-state index contributed by atoms with van der Waals surface area (Å²) in [6.45, 7) is 6.58. The van der Waals surface area contributed by atoms with E-state index in [1.54, 1.807) is 11.3 Å². The fourth-order valence-electron chi connectivity index (χ4n) is 3.77. The number of thiophene rings is 1. The van der Waals surface area contributed by atoms with Crippen LogP contribution in [0.1, 0.15) is 45.4 Å². The van der Waals surface area contributed by atoms with E-state index in [0.717, 1.165) is 29.6 Å². The van der Waals surface area contributed by atoms with Crippen LogP contribution in [-0.4, -0.2) is 30.4 Å². The Morgan fingerprint density at radius 3 is 2.81 bits per heavy atom. The van der Waals surface area contributed by atoms with E-state index < -0.39 is 0 Å². The quantitative estimate of drug-likeness (QED) is 0.627. The van der Waals surface area contributed by atoms with Crippen LogP contribution in [0.4, 0.5) is 0 Å². The Morgan fingerprint density at radius 1 is 1.33 bits per heavy atom. The fraction of sp³-hybridized carbons (Fsp3) is 0.381. The maximum Gasteiger partial charge on any atom is 0.287 e. The first-order valence-electron chi connectivity index (χ1n) is 9.29. The zero-order chi connectivity index (χ0) is 19.0. The van der Waals surface area contributed by atoms with Crippen molar-refractivity contribution in [2.45, 2.75) is 32.7 Å². The molecular weight excluding hydrogens is 380 g/mol. The molecule has 0 bridgehead atoms. The lowest BCUT2D eigenvalue weighted by Crippen LogP contribution is -2.36. The second-order valence-electron chi connectivity index (χ2n) is 7.14. The van der Waals surface area contributed by atoms with Gasteiger partial charge in [0.25, 0.3) is 5.91 Å². The first-order chi connectivity index (χ1) is 13.0. The third kappa shape index (κ3) is 3.64. The minimum absolute atomic E-state index is 0.168. The zero-order valence-corrected chi connectivity index (χ0v) is 17.1. The summed E-state index contributed by atoms with van der Waals surface area (Å²) < 4.78 is 5.86. The van der Waals surface area contributed by atoms with Crippen molar-refractivity contribution in [1.29, 1.82) is 0 Å². The molecule has 2 aromatic heterocycles. The van der Waals surface area contributed by atoms with Crippen molar-refractivity contribution >= 4 is 39.8 Å². The third-order valence-corrected chi connectivity index (χ3v) is 6.71. The Bertz CT molecular complexity index is 958. The second-order valence-corrected chi connectivity index (χ2v) is 8.52. The van der Waals surface area contributed by atoms with Gasteiger partial charge in [-0.25, -0.2) is 0 Å². The number of carbonyl (C=O) groups is 1. The highest BCUT2D eigenvalue weighted by Gasteiger charge is 2.26. The summed E-state index contributed by atoms with van der Waals surface area (Å²) in [4.78, 5) is 16.6. The molecule has 6 heteroatoms. The van der Waals surface area contributed by atoms with Crippen LogP contribution in [-0.2, 0) is 0 Å². The molecule has 4 nitrogen and oxygen atoms in total. The highest BCUT2D eigenvalue weighted by Crippen LogP contribution is 2.31. The number of likely N-dealkylation sites (tertiary alicyclic amines) is 1. The molecule has 0 aliphatic carbocycles. The average Bonchev–Trinajstić information content (AvgIpc) is 3.39. The van der Waals surface area contributed by atoms with Crippen LogP contribution >= 0.6 is 22.9 Å². The van der Waals surface area contributed by atoms with E-state index in [0.29, 0.717) is 22.9 Å². The number of hydrogen-bond donors (Lipinski definition) is 1. The van der Waals surface area contributed by atoms with Crippen molar-refractivity contribution in [2.75, 3.05) is 19.6 Å². The lowest BCUT2D eigenvalue weighted by Gasteiger charge is -2.26. The summed E-state index contributed by atoms with van der Waals surface area (Å²) in [6, 6.07) is 8.20. The predicted octanol–water partition coefficient (Wildman–Crippen LogP) is 5.33. The Labute approximate surface area is 168 Å². The number of amides is 1. The molecule has 1 fully saturated rings. The van der Waals surface area contributed by atoms with Gasteiger partial charge < -0.3 is 9.73 Å². The van der Waals surface area contributed by atoms with Crippen LogP contribution in [0.2, 0.25) is 5.02 Å². The van der Waals surface area contributed by atoms with Gasteiger partial charge in [0, 0.05) is 27.4 Å². The van der Waals surface area contributed by atoms with Crippen LogP contribution < -0.4 is 5.32 Å². The number of halogens is 1. The molecule has 1 atom stereocenters. The van der Waals surface area contributed by atoms with Crippen molar-refractivity contribution in [3.63, 3.8) is 0 Å². The van der Waals surface area contributed by atoms with E-state index in [9.17, 15) is 4.79 Å². The summed E-state index contributed by atoms with van der Waals surface area (Å²) in [5, 5.41) is 6.77. The second kappa shape index (κ2) is 7.66. The third-order valence-electron chi connectivity index (χ3n) is 5.33. The van der Waals surface area contributed by atoms with E-state index in [4.69, 9.17) is 16.0 Å². The molecule has 0 spiro atoms. The Balaban J connectivity index is 1.54. The van der Waals surface area contributed by atoms with Gasteiger partial charge in [-0.1, -0.05) is 17.7 Å². The van der Waals surface area contributed by atoms with E-state index in [2.05, 4.69) is 27.7 Å². The van der Waals surface area contributed by atoms with Gasteiger partial charge in [0.2, 0.25) is 0 Å². The first-order valence-corrected chi connectivity index (χ1v) is 10.5. The van der Waals surface area contributed by atoms with Crippen molar-refractivity contribution in [3.05, 3.63) is 56.4 Å². The molecule has 4 rings (SSSR count). The number of furan rings is 1. The van der Waals surface area contributed by atoms with E-state index in [1.807, 2.05) is 26.0 Å². The number of aryl methyl sites for hydroxylation is 2. The number of carbonyl (C=O) groups excluding carboxylic acids is 1. The summed E-state index contributed by atoms with van der Waals surface area (Å²) in [6.07, 6.45) is 2.44. The lowest BCUT2D eigenvalue weighted by atomic mass is 10.1. The van der Waals surface area contributed by atoms with Gasteiger partial charge in [-0.05, 0) is 68.9 Å². The van der Waals surface area contributed by atoms with E-state index in [-0.39, 0.29) is 11.9 Å². The highest BCUT2D eigenvalue weighted by atomic mass is 35.5. The average molecular weight is 403 g/mol. The van der Waals surface area contributed by atoms with Gasteiger partial charge in [0.1, 0.15) is 5.58 Å². The monoisotopic (exact) mass is 402 g/mol. The maximum atomic E-state index is 12.8. The molecule has 27 heavy (non-hydrogen) atoms. The molecule has 1 N–H and O–H groups in total. The molecule has 1 amide bonds. The molecule has 1 aromatic carbocycles. The fourth-order valence-corrected chi connectivity index (χ4v) is 4.80. The molecule has 1 aliphatic rings. The Morgan fingerprint density at radius 2 is 2.11 bits per heavy atom. The van der Waals surface area contributed by atoms with E-state index in [1.165, 1.54) is 17.7 Å². The minimum atomic E-state index is -0.168. The number of benzene rings is 1. The zero-order valence-electron chi connectivity index (χ0n) is 15.5. The van der Waals surface area contributed by atoms with Crippen LogP contribution in [0.5, 0.6) is 0 Å². The van der Waals surface area contributed by atoms with Gasteiger partial charge in [0.05, 0.1) is 6.04 Å². The molecule has 3 aromatic rings. The molecule has 1 aliphatic heterocycles. The molecule has 0 saturated carbocycles. The van der Waals surface area contributed by atoms with Crippen LogP contribution in [0.15, 0.2) is 34.1 Å². The van der Waals surface area contributed by atoms with Crippen molar-refractivity contribution in [2.24, 2.45) is 0 Å². The standard InChI is InChI=1S/C21H23ClN2O2S/c1-13-10-18-15(11-16(13)22)14(2)20(26-18)21(25)23-12-17(19-6-5-9-27-19)24-7-3-4-8-24/h5-6,9-11,17H,3-4,7-8,12H2,1-2H3,(H,23,25)/t17-/m0/s1. The van der Waals surface area contributed by atoms with Crippen molar-refractivity contribution in [1.82, 2.24) is 10.2 Å². The smallest absolute Gasteiger partial charge is 0.287 e. The Hall–Kier alpha value is -1.82. The largest absolute Gasteiger partial charge is 0.451 e. The van der Waals surface area contributed by atoms with Crippen molar-refractivity contribution in [3.8, 4) is 0 Å². The molecule has 3 heterocycles. The Kier molecular flexibility index (Phi) is 5.26. The molecule has 142 valence electrons. The normalized spacial score (nSPS) is 16.1. The minimum Gasteiger partial charge on any atom is -0.451 e. The van der Waals surface area contributed by atoms with Gasteiger partial charge in [-0.3, -0.25) is 9.69 Å². The molecular formula is C21H23ClN2O2S. The van der Waals surface area contributed by atoms with Crippen LogP contribution in [0, 0.1) is 13.8 Å². The van der Waals surface area contributed by atoms with Gasteiger partial charge >= 0.3 is 0 Å². The number of rotatable bonds is 5. The molecule has 1 saturated heterocycles. The van der Waals surface area contributed by atoms with E-state index >= 15 is 0 Å². The maximum absolute atomic E-state index is 12.8. The predicted molar refractivity (Wildman–Crippen MR) is 111 cm³/mol. The summed E-state index contributed by atoms with van der Waals surface area (Å²) in [7, 11) is 0. The summed E-state index contributed by atoms with van der Waals surface area (Å²) in [5.41, 5.74) is 2.48. The highest BCUT2D eigenvalue weighted by molar-refractivity contribution is 7.10.